The Hall–Kier alpha value is -12.5. The van der Waals surface area contributed by atoms with Crippen LogP contribution >= 0.6 is 0 Å². The van der Waals surface area contributed by atoms with Crippen LogP contribution in [0.1, 0.15) is 102 Å². The minimum absolute atomic E-state index is 0.0917. The van der Waals surface area contributed by atoms with Crippen LogP contribution in [0.5, 0.6) is 0 Å². The third-order valence-electron chi connectivity index (χ3n) is 24.3. The Balaban J connectivity index is 0.000000105. The van der Waals surface area contributed by atoms with E-state index in [4.69, 9.17) is 23.2 Å². The van der Waals surface area contributed by atoms with E-state index in [9.17, 15) is 0 Å². The molecule has 0 N–H and O–H groups in total. The number of fused-ring (bicyclic) bond motifs is 20. The van der Waals surface area contributed by atoms with Gasteiger partial charge in [0.05, 0.1) is 11.1 Å². The molecule has 8 nitrogen and oxygen atoms in total. The predicted molar refractivity (Wildman–Crippen MR) is 471 cm³/mol. The lowest BCUT2D eigenvalue weighted by molar-refractivity contribution is -0.660. The van der Waals surface area contributed by atoms with Gasteiger partial charge in [-0.15, -0.1) is 0 Å². The number of hydrogen-bond donors (Lipinski definition) is 0. The van der Waals surface area contributed by atoms with Gasteiger partial charge in [0.15, 0.2) is 24.8 Å². The first-order valence-electron chi connectivity index (χ1n) is 42.5. The molecule has 0 unspecified atom stereocenters. The van der Waals surface area contributed by atoms with Crippen molar-refractivity contribution in [2.75, 3.05) is 0 Å². The first kappa shape index (κ1) is 67.2. The highest BCUT2D eigenvalue weighted by atomic mass is 16.3. The van der Waals surface area contributed by atoms with Gasteiger partial charge in [-0.25, -0.2) is 18.3 Å². The quantitative estimate of drug-likeness (QED) is 0.142. The van der Waals surface area contributed by atoms with E-state index in [2.05, 4.69) is 310 Å². The van der Waals surface area contributed by atoms with Gasteiger partial charge in [0.2, 0.25) is 22.8 Å². The average Bonchev–Trinajstić information content (AvgIpc) is 1.60. The lowest BCUT2D eigenvalue weighted by Gasteiger charge is -2.21. The normalized spacial score (nSPS) is 14.3. The molecule has 2 aliphatic carbocycles. The zero-order valence-corrected chi connectivity index (χ0v) is 66.4. The van der Waals surface area contributed by atoms with Crippen molar-refractivity contribution >= 4 is 131 Å². The van der Waals surface area contributed by atoms with Gasteiger partial charge < -0.3 is 17.7 Å². The van der Waals surface area contributed by atoms with Crippen molar-refractivity contribution in [3.63, 3.8) is 0 Å². The Bertz CT molecular complexity index is 7400. The van der Waals surface area contributed by atoms with Gasteiger partial charge in [-0.05, 0) is 199 Å². The Morgan fingerprint density at radius 2 is 0.588 bits per heavy atom. The number of aromatic nitrogens is 4. The number of rotatable bonds is 8. The summed E-state index contributed by atoms with van der Waals surface area (Å²) in [4.78, 5) is 0. The lowest BCUT2D eigenvalue weighted by atomic mass is 9.85. The predicted octanol–water partition coefficient (Wildman–Crippen LogP) is 26.3. The summed E-state index contributed by atoms with van der Waals surface area (Å²) < 4.78 is 69.6. The molecular formula is C106H96N4O4+4. The van der Waals surface area contributed by atoms with Crippen LogP contribution in [0.3, 0.4) is 0 Å². The Labute approximate surface area is 671 Å². The van der Waals surface area contributed by atoms with Gasteiger partial charge in [-0.2, -0.15) is 0 Å². The number of hydrogen-bond acceptors (Lipinski definition) is 4. The van der Waals surface area contributed by atoms with Crippen LogP contribution < -0.4 is 18.3 Å². The Morgan fingerprint density at radius 3 is 0.991 bits per heavy atom. The molecule has 22 rings (SSSR count). The molecule has 0 radical (unpaired) electrons. The lowest BCUT2D eigenvalue weighted by Crippen LogP contribution is -2.31. The van der Waals surface area contributed by atoms with E-state index in [1.54, 1.807) is 0 Å². The molecule has 8 heteroatoms. The van der Waals surface area contributed by atoms with E-state index in [0.717, 1.165) is 173 Å². The second-order valence-corrected chi connectivity index (χ2v) is 32.0. The van der Waals surface area contributed by atoms with Crippen LogP contribution in [0.4, 0.5) is 0 Å². The van der Waals surface area contributed by atoms with Crippen LogP contribution in [0.25, 0.3) is 176 Å². The summed E-state index contributed by atoms with van der Waals surface area (Å²) in [6.45, 7) is 10.7. The molecule has 0 atom stereocenters. The van der Waals surface area contributed by atoms with E-state index in [1.807, 2.05) is 44.7 Å². The standard InChI is InChI=1S/C30H30NO.C29H28NO.C24H20NO.C23H18NO/c1-20-16-27-25-13-12-23-10-6-7-11-24(23)30(25)32-29(27)19-26(20)28-18-22(14-15-31(28)2)17-21-8-4-3-5-9-21;1-19-15-26-24-12-11-22-9-5-6-10-23(22)29(24)31-28(26)18-25(19)27-17-21(13-14-30(27)2)16-20-7-3-4-8-20;1-15-10-11-25(3)22(12-15)20-14-21-19-9-8-17-6-4-5-7-18(17)24(19)26-23(21)13-16(20)2;1-15-13-22-20(14-19(15)21-9-5-6-12-24(21)2)18-11-10-16-7-3-4-8-17(16)23(18)25-22/h6-7,10-16,18-19,21H,3-5,8-9,17H2,1-2H3;5-6,9-15,17-18,20H,3-4,7-8,16H2,1-2H3;4-14H,1-3H3;3-14H,1-2H3/q4*+1/i17D2;16D2;;. The minimum Gasteiger partial charge on any atom is -0.455 e. The number of aryl methyl sites for hydroxylation is 9. The maximum Gasteiger partial charge on any atom is 0.212 e. The Kier molecular flexibility index (Phi) is 17.6. The molecule has 0 aliphatic heterocycles. The summed E-state index contributed by atoms with van der Waals surface area (Å²) in [5.74, 6) is 0.194. The first-order valence-corrected chi connectivity index (χ1v) is 40.5. The molecule has 0 bridgehead atoms. The molecule has 8 heterocycles. The highest BCUT2D eigenvalue weighted by Crippen LogP contribution is 2.43. The summed E-state index contributed by atoms with van der Waals surface area (Å²) >= 11 is 0. The third kappa shape index (κ3) is 13.4. The Morgan fingerprint density at radius 1 is 0.272 bits per heavy atom. The first-order chi connectivity index (χ1) is 57.2. The van der Waals surface area contributed by atoms with Gasteiger partial charge in [-0.3, -0.25) is 0 Å². The zero-order chi connectivity index (χ0) is 81.0. The largest absolute Gasteiger partial charge is 0.455 e. The van der Waals surface area contributed by atoms with E-state index < -0.39 is 12.7 Å². The van der Waals surface area contributed by atoms with Crippen molar-refractivity contribution in [2.24, 2.45) is 40.0 Å². The molecule has 2 aliphatic rings. The van der Waals surface area contributed by atoms with Crippen molar-refractivity contribution in [3.05, 3.63) is 312 Å². The van der Waals surface area contributed by atoms with Gasteiger partial charge >= 0.3 is 0 Å². The molecule has 0 amide bonds. The minimum atomic E-state index is -1.32. The fourth-order valence-corrected chi connectivity index (χ4v) is 18.1. The van der Waals surface area contributed by atoms with Gasteiger partial charge in [0.25, 0.3) is 0 Å². The van der Waals surface area contributed by atoms with E-state index in [-0.39, 0.29) is 11.8 Å². The zero-order valence-electron chi connectivity index (χ0n) is 70.4. The molecular weight excluding hydrogens is 1390 g/mol. The summed E-state index contributed by atoms with van der Waals surface area (Å²) in [6, 6.07) is 87.0. The van der Waals surface area contributed by atoms with Crippen molar-refractivity contribution in [3.8, 4) is 45.0 Å². The molecule has 8 aromatic heterocycles. The van der Waals surface area contributed by atoms with Gasteiger partial charge in [-0.1, -0.05) is 179 Å². The van der Waals surface area contributed by atoms with Crippen molar-refractivity contribution in [2.45, 2.75) is 105 Å². The molecule has 0 spiro atoms. The molecule has 114 heavy (non-hydrogen) atoms. The molecule has 560 valence electrons. The SMILES string of the molecule is Cc1cc2oc3c4ccccc4ccc3c2cc1-c1cccc[n+]1C.Cc1cc[n+](C)c(-c2cc3c(cc2C)oc2c4ccccc4ccc32)c1.[2H]C([2H])(c1cc[n+](C)c(-c2cc3oc4c5ccccc5ccc4c3cc2C)c1)C1CCCC1.[2H]C([2H])(c1cc[n+](C)c(-c2cc3oc4c5ccccc5ccc4c3cc2C)c1)C1CCCCC1. The topological polar surface area (TPSA) is 68.1 Å². The van der Waals surface area contributed by atoms with Crippen molar-refractivity contribution < 1.29 is 41.4 Å². The van der Waals surface area contributed by atoms with E-state index >= 15 is 0 Å². The number of pyridine rings is 4. The maximum atomic E-state index is 8.96. The highest BCUT2D eigenvalue weighted by molar-refractivity contribution is 6.19. The van der Waals surface area contributed by atoms with Crippen LogP contribution in [0.15, 0.2) is 291 Å². The van der Waals surface area contributed by atoms with Crippen LogP contribution in [-0.4, -0.2) is 0 Å². The fourth-order valence-electron chi connectivity index (χ4n) is 18.1. The number of benzene rings is 12. The summed E-state index contributed by atoms with van der Waals surface area (Å²) in [5, 5.41) is 18.6. The molecule has 0 saturated heterocycles. The second-order valence-electron chi connectivity index (χ2n) is 32.0. The number of furan rings is 4. The van der Waals surface area contributed by atoms with Gasteiger partial charge in [0.1, 0.15) is 72.9 Å². The maximum absolute atomic E-state index is 8.96. The van der Waals surface area contributed by atoms with E-state index in [1.165, 1.54) is 99.5 Å². The molecule has 2 fully saturated rings. The van der Waals surface area contributed by atoms with Gasteiger partial charge in [0, 0.05) is 130 Å². The number of nitrogens with zero attached hydrogens (tertiary/aromatic N) is 4. The van der Waals surface area contributed by atoms with Crippen LogP contribution in [0, 0.1) is 46.5 Å². The summed E-state index contributed by atoms with van der Waals surface area (Å²) in [6.07, 6.45) is 15.2. The second kappa shape index (κ2) is 29.9. The van der Waals surface area contributed by atoms with Crippen LogP contribution in [0.2, 0.25) is 0 Å². The highest BCUT2D eigenvalue weighted by Gasteiger charge is 2.26. The van der Waals surface area contributed by atoms with Crippen molar-refractivity contribution in [1.29, 1.82) is 0 Å². The summed E-state index contributed by atoms with van der Waals surface area (Å²) in [7, 11) is 8.24. The monoisotopic (exact) mass is 1490 g/mol. The smallest absolute Gasteiger partial charge is 0.212 e. The molecule has 20 aromatic rings. The average molecular weight is 1490 g/mol. The molecule has 2 saturated carbocycles. The van der Waals surface area contributed by atoms with Crippen LogP contribution in [-0.2, 0) is 40.9 Å². The summed E-state index contributed by atoms with van der Waals surface area (Å²) in [5.41, 5.74) is 24.1. The third-order valence-corrected chi connectivity index (χ3v) is 24.3. The van der Waals surface area contributed by atoms with Crippen molar-refractivity contribution in [1.82, 2.24) is 0 Å². The molecule has 12 aromatic carbocycles. The van der Waals surface area contributed by atoms with E-state index in [0.29, 0.717) is 0 Å². The fraction of sp³-hybridized carbons (Fsp3) is 0.208.